The van der Waals surface area contributed by atoms with Crippen LogP contribution in [0.25, 0.3) is 0 Å². The van der Waals surface area contributed by atoms with E-state index in [0.29, 0.717) is 4.90 Å². The van der Waals surface area contributed by atoms with E-state index in [1.54, 1.807) is 31.3 Å². The van der Waals surface area contributed by atoms with Crippen LogP contribution in [-0.4, -0.2) is 21.5 Å². The molecular formula is C13H20N2O2S. The quantitative estimate of drug-likeness (QED) is 0.831. The van der Waals surface area contributed by atoms with Gasteiger partial charge in [0.15, 0.2) is 0 Å². The molecule has 1 saturated carbocycles. The molecule has 1 fully saturated rings. The van der Waals surface area contributed by atoms with Crippen molar-refractivity contribution in [3.8, 4) is 0 Å². The van der Waals surface area contributed by atoms with Crippen molar-refractivity contribution in [2.45, 2.75) is 37.1 Å². The molecule has 1 unspecified atom stereocenters. The molecule has 0 aromatic heterocycles. The van der Waals surface area contributed by atoms with Crippen LogP contribution in [0.4, 0.5) is 5.69 Å². The van der Waals surface area contributed by atoms with E-state index in [4.69, 9.17) is 0 Å². The van der Waals surface area contributed by atoms with Gasteiger partial charge in [-0.25, -0.2) is 13.1 Å². The molecule has 18 heavy (non-hydrogen) atoms. The number of rotatable bonds is 6. The molecule has 1 aliphatic rings. The molecule has 5 heteroatoms. The van der Waals surface area contributed by atoms with Crippen molar-refractivity contribution in [1.82, 2.24) is 4.72 Å². The molecule has 100 valence electrons. The largest absolute Gasteiger partial charge is 0.388 e. The van der Waals surface area contributed by atoms with Crippen LogP contribution in [0.1, 0.15) is 26.2 Å². The number of anilines is 1. The first-order chi connectivity index (χ1) is 8.51. The predicted octanol–water partition coefficient (Wildman–Crippen LogP) is 2.20. The molecule has 0 amide bonds. The zero-order chi connectivity index (χ0) is 13.2. The fourth-order valence-corrected chi connectivity index (χ4v) is 3.29. The van der Waals surface area contributed by atoms with E-state index in [0.717, 1.165) is 18.0 Å². The average molecular weight is 268 g/mol. The Hall–Kier alpha value is -1.07. The third-order valence-corrected chi connectivity index (χ3v) is 4.80. The molecule has 0 heterocycles. The van der Waals surface area contributed by atoms with E-state index >= 15 is 0 Å². The SMILES string of the molecule is CNc1ccc(S(=O)(=O)NC(C)CC2CC2)cc1. The molecule has 1 aliphatic carbocycles. The Kier molecular flexibility index (Phi) is 3.92. The van der Waals surface area contributed by atoms with Crippen molar-refractivity contribution in [2.75, 3.05) is 12.4 Å². The van der Waals surface area contributed by atoms with Gasteiger partial charge in [0.1, 0.15) is 0 Å². The Morgan fingerprint density at radius 3 is 2.39 bits per heavy atom. The monoisotopic (exact) mass is 268 g/mol. The summed E-state index contributed by atoms with van der Waals surface area (Å²) in [6.45, 7) is 1.93. The highest BCUT2D eigenvalue weighted by Crippen LogP contribution is 2.33. The summed E-state index contributed by atoms with van der Waals surface area (Å²) < 4.78 is 27.0. The Labute approximate surface area is 109 Å². The molecule has 1 aromatic carbocycles. The van der Waals surface area contributed by atoms with Gasteiger partial charge in [-0.15, -0.1) is 0 Å². The molecule has 1 atom stereocenters. The van der Waals surface area contributed by atoms with Crippen LogP contribution in [0.3, 0.4) is 0 Å². The molecule has 0 saturated heterocycles. The molecule has 0 radical (unpaired) electrons. The molecular weight excluding hydrogens is 248 g/mol. The van der Waals surface area contributed by atoms with E-state index in [9.17, 15) is 8.42 Å². The van der Waals surface area contributed by atoms with Crippen molar-refractivity contribution in [2.24, 2.45) is 5.92 Å². The van der Waals surface area contributed by atoms with Gasteiger partial charge in [0.2, 0.25) is 10.0 Å². The highest BCUT2D eigenvalue weighted by Gasteiger charge is 2.26. The lowest BCUT2D eigenvalue weighted by Crippen LogP contribution is -2.32. The standard InChI is InChI=1S/C13H20N2O2S/c1-10(9-11-3-4-11)15-18(16,17)13-7-5-12(14-2)6-8-13/h5-8,10-11,14-15H,3-4,9H2,1-2H3. The summed E-state index contributed by atoms with van der Waals surface area (Å²) >= 11 is 0. The summed E-state index contributed by atoms with van der Waals surface area (Å²) in [5.74, 6) is 0.717. The maximum atomic E-state index is 12.1. The second-order valence-corrected chi connectivity index (χ2v) is 6.69. The lowest BCUT2D eigenvalue weighted by Gasteiger charge is -2.14. The highest BCUT2D eigenvalue weighted by molar-refractivity contribution is 7.89. The van der Waals surface area contributed by atoms with Crippen LogP contribution >= 0.6 is 0 Å². The third kappa shape index (κ3) is 3.46. The zero-order valence-corrected chi connectivity index (χ0v) is 11.6. The summed E-state index contributed by atoms with van der Waals surface area (Å²) in [5, 5.41) is 2.97. The fraction of sp³-hybridized carbons (Fsp3) is 0.538. The average Bonchev–Trinajstić information content (AvgIpc) is 3.12. The maximum Gasteiger partial charge on any atom is 0.240 e. The van der Waals surface area contributed by atoms with Crippen LogP contribution in [0, 0.1) is 5.92 Å². The number of hydrogen-bond donors (Lipinski definition) is 2. The molecule has 1 aromatic rings. The van der Waals surface area contributed by atoms with Crippen LogP contribution in [0.15, 0.2) is 29.2 Å². The summed E-state index contributed by atoms with van der Waals surface area (Å²) in [4.78, 5) is 0.323. The van der Waals surface area contributed by atoms with E-state index in [2.05, 4.69) is 10.0 Å². The van der Waals surface area contributed by atoms with Crippen molar-refractivity contribution in [1.29, 1.82) is 0 Å². The van der Waals surface area contributed by atoms with E-state index in [-0.39, 0.29) is 6.04 Å². The first-order valence-electron chi connectivity index (χ1n) is 6.31. The summed E-state index contributed by atoms with van der Waals surface area (Å²) in [6, 6.07) is 6.78. The van der Waals surface area contributed by atoms with Crippen LogP contribution in [0.5, 0.6) is 0 Å². The number of benzene rings is 1. The smallest absolute Gasteiger partial charge is 0.240 e. The first-order valence-corrected chi connectivity index (χ1v) is 7.80. The van der Waals surface area contributed by atoms with Crippen molar-refractivity contribution < 1.29 is 8.42 Å². The normalized spacial score (nSPS) is 17.4. The van der Waals surface area contributed by atoms with Crippen molar-refractivity contribution >= 4 is 15.7 Å². The Morgan fingerprint density at radius 1 is 1.28 bits per heavy atom. The minimum Gasteiger partial charge on any atom is -0.388 e. The molecule has 2 rings (SSSR count). The van der Waals surface area contributed by atoms with Gasteiger partial charge in [-0.05, 0) is 43.5 Å². The minimum atomic E-state index is -3.38. The maximum absolute atomic E-state index is 12.1. The van der Waals surface area contributed by atoms with Crippen LogP contribution in [-0.2, 0) is 10.0 Å². The third-order valence-electron chi connectivity index (χ3n) is 3.19. The Bertz CT molecular complexity index is 492. The van der Waals surface area contributed by atoms with Gasteiger partial charge in [0.25, 0.3) is 0 Å². The molecule has 2 N–H and O–H groups in total. The van der Waals surface area contributed by atoms with Gasteiger partial charge in [0, 0.05) is 18.8 Å². The second-order valence-electron chi connectivity index (χ2n) is 4.98. The van der Waals surface area contributed by atoms with Gasteiger partial charge >= 0.3 is 0 Å². The van der Waals surface area contributed by atoms with E-state index < -0.39 is 10.0 Å². The lowest BCUT2D eigenvalue weighted by molar-refractivity contribution is 0.530. The highest BCUT2D eigenvalue weighted by atomic mass is 32.2. The Balaban J connectivity index is 2.03. The van der Waals surface area contributed by atoms with E-state index in [1.165, 1.54) is 12.8 Å². The molecule has 0 aliphatic heterocycles. The molecule has 0 bridgehead atoms. The van der Waals surface area contributed by atoms with Crippen molar-refractivity contribution in [3.63, 3.8) is 0 Å². The van der Waals surface area contributed by atoms with Crippen LogP contribution in [0.2, 0.25) is 0 Å². The summed E-state index contributed by atoms with van der Waals surface area (Å²) in [5.41, 5.74) is 0.903. The van der Waals surface area contributed by atoms with Crippen LogP contribution < -0.4 is 10.0 Å². The van der Waals surface area contributed by atoms with Crippen molar-refractivity contribution in [3.05, 3.63) is 24.3 Å². The molecule has 0 spiro atoms. The number of nitrogens with one attached hydrogen (secondary N) is 2. The summed E-state index contributed by atoms with van der Waals surface area (Å²) in [6.07, 6.45) is 3.42. The topological polar surface area (TPSA) is 58.2 Å². The van der Waals surface area contributed by atoms with Gasteiger partial charge in [-0.3, -0.25) is 0 Å². The Morgan fingerprint density at radius 2 is 1.89 bits per heavy atom. The number of hydrogen-bond acceptors (Lipinski definition) is 3. The summed E-state index contributed by atoms with van der Waals surface area (Å²) in [7, 11) is -1.58. The van der Waals surface area contributed by atoms with Gasteiger partial charge < -0.3 is 5.32 Å². The number of sulfonamides is 1. The van der Waals surface area contributed by atoms with Gasteiger partial charge in [0.05, 0.1) is 4.90 Å². The molecule has 4 nitrogen and oxygen atoms in total. The van der Waals surface area contributed by atoms with E-state index in [1.807, 2.05) is 6.92 Å². The lowest BCUT2D eigenvalue weighted by atomic mass is 10.2. The second kappa shape index (κ2) is 5.28. The zero-order valence-electron chi connectivity index (χ0n) is 10.8. The first kappa shape index (κ1) is 13.4. The fourth-order valence-electron chi connectivity index (χ4n) is 2.04. The van der Waals surface area contributed by atoms with Gasteiger partial charge in [-0.2, -0.15) is 0 Å². The van der Waals surface area contributed by atoms with Gasteiger partial charge in [-0.1, -0.05) is 12.8 Å². The minimum absolute atomic E-state index is 0.00600. The predicted molar refractivity (Wildman–Crippen MR) is 73.1 cm³/mol.